The first-order valence-corrected chi connectivity index (χ1v) is 8.84. The lowest BCUT2D eigenvalue weighted by Gasteiger charge is -2.23. The average Bonchev–Trinajstić information content (AvgIpc) is 2.65. The summed E-state index contributed by atoms with van der Waals surface area (Å²) in [6, 6.07) is 18.6. The van der Waals surface area contributed by atoms with E-state index in [9.17, 15) is 4.79 Å². The first kappa shape index (κ1) is 16.9. The molecule has 4 rings (SSSR count). The maximum Gasteiger partial charge on any atom is 0.195 e. The van der Waals surface area contributed by atoms with Gasteiger partial charge in [0.25, 0.3) is 0 Å². The molecule has 2 nitrogen and oxygen atoms in total. The van der Waals surface area contributed by atoms with Gasteiger partial charge in [-0.15, -0.1) is 0 Å². The number of methoxy groups -OCH3 is 1. The number of ketones is 1. The molecule has 0 saturated heterocycles. The Morgan fingerprint density at radius 1 is 0.808 bits per heavy atom. The molecule has 0 atom stereocenters. The van der Waals surface area contributed by atoms with Crippen molar-refractivity contribution in [1.82, 2.24) is 0 Å². The van der Waals surface area contributed by atoms with Crippen molar-refractivity contribution in [2.45, 2.75) is 0 Å². The van der Waals surface area contributed by atoms with Crippen LogP contribution in [0.4, 0.5) is 0 Å². The van der Waals surface area contributed by atoms with Gasteiger partial charge in [0.1, 0.15) is 5.75 Å². The summed E-state index contributed by atoms with van der Waals surface area (Å²) in [5.41, 5.74) is 4.48. The highest BCUT2D eigenvalue weighted by Gasteiger charge is 2.30. The fourth-order valence-electron chi connectivity index (χ4n) is 3.25. The van der Waals surface area contributed by atoms with Crippen molar-refractivity contribution in [3.05, 3.63) is 98.5 Å². The summed E-state index contributed by atoms with van der Waals surface area (Å²) in [7, 11) is 1.63. The molecule has 26 heavy (non-hydrogen) atoms. The third-order valence-corrected chi connectivity index (χ3v) is 5.12. The van der Waals surface area contributed by atoms with Crippen molar-refractivity contribution in [3.63, 3.8) is 0 Å². The van der Waals surface area contributed by atoms with Gasteiger partial charge in [-0.05, 0) is 47.0 Å². The Hall–Kier alpha value is -2.55. The van der Waals surface area contributed by atoms with Gasteiger partial charge < -0.3 is 4.74 Å². The average molecular weight is 381 g/mol. The lowest BCUT2D eigenvalue weighted by Crippen LogP contribution is -2.15. The van der Waals surface area contributed by atoms with E-state index in [2.05, 4.69) is 0 Å². The van der Waals surface area contributed by atoms with E-state index in [1.165, 1.54) is 0 Å². The molecule has 0 aliphatic heterocycles. The Morgan fingerprint density at radius 3 is 2.08 bits per heavy atom. The molecule has 0 spiro atoms. The van der Waals surface area contributed by atoms with Crippen molar-refractivity contribution < 1.29 is 9.53 Å². The predicted molar refractivity (Wildman–Crippen MR) is 106 cm³/mol. The van der Waals surface area contributed by atoms with Crippen LogP contribution < -0.4 is 4.74 Å². The van der Waals surface area contributed by atoms with Crippen LogP contribution in [0.25, 0.3) is 11.6 Å². The van der Waals surface area contributed by atoms with Crippen molar-refractivity contribution in [2.24, 2.45) is 0 Å². The maximum atomic E-state index is 13.0. The normalized spacial score (nSPS) is 14.1. The number of benzene rings is 3. The zero-order valence-corrected chi connectivity index (χ0v) is 15.4. The van der Waals surface area contributed by atoms with Gasteiger partial charge in [0.2, 0.25) is 0 Å². The van der Waals surface area contributed by atoms with E-state index in [-0.39, 0.29) is 5.78 Å². The van der Waals surface area contributed by atoms with Gasteiger partial charge >= 0.3 is 0 Å². The zero-order chi connectivity index (χ0) is 18.3. The summed E-state index contributed by atoms with van der Waals surface area (Å²) in [5.74, 6) is 0.683. The van der Waals surface area contributed by atoms with E-state index in [1.807, 2.05) is 42.5 Å². The molecule has 0 heterocycles. The Kier molecular flexibility index (Phi) is 4.31. The lowest BCUT2D eigenvalue weighted by atomic mass is 9.80. The van der Waals surface area contributed by atoms with Crippen LogP contribution in [0.3, 0.4) is 0 Å². The molecule has 0 N–H and O–H groups in total. The van der Waals surface area contributed by atoms with E-state index in [1.54, 1.807) is 31.4 Å². The van der Waals surface area contributed by atoms with Gasteiger partial charge in [-0.3, -0.25) is 4.79 Å². The Balaban J connectivity index is 2.00. The molecule has 0 saturated carbocycles. The van der Waals surface area contributed by atoms with Gasteiger partial charge in [0.05, 0.1) is 12.1 Å². The van der Waals surface area contributed by atoms with Crippen molar-refractivity contribution in [2.75, 3.05) is 7.11 Å². The third kappa shape index (κ3) is 2.72. The van der Waals surface area contributed by atoms with Crippen LogP contribution >= 0.6 is 23.2 Å². The van der Waals surface area contributed by atoms with Gasteiger partial charge in [-0.1, -0.05) is 59.6 Å². The molecule has 3 aromatic carbocycles. The summed E-state index contributed by atoms with van der Waals surface area (Å²) in [6.07, 6.45) is 2.02. The summed E-state index contributed by atoms with van der Waals surface area (Å²) in [4.78, 5) is 13.0. The number of hydrogen-bond acceptors (Lipinski definition) is 2. The Bertz CT molecular complexity index is 1050. The van der Waals surface area contributed by atoms with E-state index in [0.717, 1.165) is 28.0 Å². The van der Waals surface area contributed by atoms with Crippen LogP contribution in [-0.4, -0.2) is 12.9 Å². The quantitative estimate of drug-likeness (QED) is 0.417. The molecule has 1 aliphatic carbocycles. The Labute approximate surface area is 161 Å². The largest absolute Gasteiger partial charge is 0.497 e. The van der Waals surface area contributed by atoms with Crippen LogP contribution in [0.2, 0.25) is 10.0 Å². The minimum atomic E-state index is -0.102. The number of hydrogen-bond donors (Lipinski definition) is 0. The second kappa shape index (κ2) is 6.64. The van der Waals surface area contributed by atoms with E-state index >= 15 is 0 Å². The molecule has 0 unspecified atom stereocenters. The second-order valence-electron chi connectivity index (χ2n) is 5.99. The minimum absolute atomic E-state index is 0.102. The van der Waals surface area contributed by atoms with Crippen molar-refractivity contribution >= 4 is 40.6 Å². The first-order valence-electron chi connectivity index (χ1n) is 8.08. The lowest BCUT2D eigenvalue weighted by molar-refractivity contribution is 0.103. The van der Waals surface area contributed by atoms with Crippen LogP contribution in [0.5, 0.6) is 5.75 Å². The number of ether oxygens (including phenoxy) is 1. The summed E-state index contributed by atoms with van der Waals surface area (Å²) in [5, 5.41) is 0.986. The SMILES string of the molecule is COc1ccc(/C=C2\c3cccc(Cl)c3C(=O)c3cccc(Cl)c32)cc1. The van der Waals surface area contributed by atoms with Crippen molar-refractivity contribution in [1.29, 1.82) is 0 Å². The predicted octanol–water partition coefficient (Wildman–Crippen LogP) is 6.14. The number of carbonyl (C=O) groups excluding carboxylic acids is 1. The molecule has 1 aliphatic rings. The molecule has 0 amide bonds. The third-order valence-electron chi connectivity index (χ3n) is 4.49. The summed E-state index contributed by atoms with van der Waals surface area (Å²) >= 11 is 12.8. The first-order chi connectivity index (χ1) is 12.6. The molecular weight excluding hydrogens is 367 g/mol. The number of halogens is 2. The zero-order valence-electron chi connectivity index (χ0n) is 13.9. The molecule has 3 aromatic rings. The van der Waals surface area contributed by atoms with Crippen LogP contribution in [0, 0.1) is 0 Å². The fraction of sp³-hybridized carbons (Fsp3) is 0.0455. The topological polar surface area (TPSA) is 26.3 Å². The monoisotopic (exact) mass is 380 g/mol. The summed E-state index contributed by atoms with van der Waals surface area (Å²) < 4.78 is 5.22. The molecule has 4 heteroatoms. The maximum absolute atomic E-state index is 13.0. The molecule has 0 aromatic heterocycles. The minimum Gasteiger partial charge on any atom is -0.497 e. The molecular formula is C22H14Cl2O2. The Morgan fingerprint density at radius 2 is 1.42 bits per heavy atom. The van der Waals surface area contributed by atoms with Gasteiger partial charge in [-0.25, -0.2) is 0 Å². The van der Waals surface area contributed by atoms with Crippen LogP contribution in [-0.2, 0) is 0 Å². The fourth-order valence-corrected chi connectivity index (χ4v) is 3.79. The molecule has 0 radical (unpaired) electrons. The smallest absolute Gasteiger partial charge is 0.195 e. The van der Waals surface area contributed by atoms with E-state index in [4.69, 9.17) is 27.9 Å². The summed E-state index contributed by atoms with van der Waals surface area (Å²) in [6.45, 7) is 0. The number of rotatable bonds is 2. The molecule has 0 fully saturated rings. The highest BCUT2D eigenvalue weighted by molar-refractivity contribution is 6.39. The highest BCUT2D eigenvalue weighted by atomic mass is 35.5. The van der Waals surface area contributed by atoms with Crippen LogP contribution in [0.1, 0.15) is 32.6 Å². The number of fused-ring (bicyclic) bond motifs is 2. The van der Waals surface area contributed by atoms with E-state index in [0.29, 0.717) is 21.2 Å². The second-order valence-corrected chi connectivity index (χ2v) is 6.80. The standard InChI is InChI=1S/C22H14Cl2O2/c1-26-14-10-8-13(9-11-14)12-17-15-4-2-7-19(24)21(15)22(25)16-5-3-6-18(23)20(16)17/h2-12H,1H3/b17-12+. The van der Waals surface area contributed by atoms with Gasteiger partial charge in [0, 0.05) is 21.7 Å². The van der Waals surface area contributed by atoms with Gasteiger partial charge in [-0.2, -0.15) is 0 Å². The molecule has 128 valence electrons. The molecule has 0 bridgehead atoms. The number of carbonyl (C=O) groups is 1. The van der Waals surface area contributed by atoms with Crippen LogP contribution in [0.15, 0.2) is 60.7 Å². The van der Waals surface area contributed by atoms with E-state index < -0.39 is 0 Å². The van der Waals surface area contributed by atoms with Gasteiger partial charge in [0.15, 0.2) is 5.78 Å². The highest BCUT2D eigenvalue weighted by Crippen LogP contribution is 2.42. The van der Waals surface area contributed by atoms with Crippen molar-refractivity contribution in [3.8, 4) is 5.75 Å².